The van der Waals surface area contributed by atoms with Gasteiger partial charge in [-0.25, -0.2) is 13.8 Å². The van der Waals surface area contributed by atoms with Crippen LogP contribution in [0.15, 0.2) is 53.1 Å². The number of nitrogens with one attached hydrogen (secondary N) is 1. The number of hydrogen-bond donors (Lipinski definition) is 2. The lowest BCUT2D eigenvalue weighted by atomic mass is 10.0. The van der Waals surface area contributed by atoms with Gasteiger partial charge in [-0.2, -0.15) is 5.10 Å². The fourth-order valence-electron chi connectivity index (χ4n) is 4.10. The van der Waals surface area contributed by atoms with Crippen molar-refractivity contribution in [3.05, 3.63) is 76.4 Å². The molecule has 0 aliphatic heterocycles. The zero-order valence-corrected chi connectivity index (χ0v) is 22.3. The molecule has 1 aromatic carbocycles. The second kappa shape index (κ2) is 10.8. The van der Waals surface area contributed by atoms with E-state index in [1.807, 2.05) is 0 Å². The van der Waals surface area contributed by atoms with Gasteiger partial charge in [-0.05, 0) is 42.8 Å². The fourth-order valence-corrected chi connectivity index (χ4v) is 5.11. The maximum absolute atomic E-state index is 13.7. The number of alkyl halides is 2. The van der Waals surface area contributed by atoms with Gasteiger partial charge in [0, 0.05) is 29.8 Å². The van der Waals surface area contributed by atoms with Crippen LogP contribution in [-0.2, 0) is 13.7 Å². The first-order valence-corrected chi connectivity index (χ1v) is 12.7. The number of carbonyl (C=O) groups is 2. The Hall–Kier alpha value is -4.78. The monoisotopic (exact) mass is 567 g/mol. The van der Waals surface area contributed by atoms with E-state index in [0.29, 0.717) is 39.5 Å². The van der Waals surface area contributed by atoms with E-state index in [0.717, 1.165) is 11.3 Å². The molecule has 2 amide bonds. The average Bonchev–Trinajstić information content (AvgIpc) is 3.65. The zero-order valence-electron chi connectivity index (χ0n) is 21.5. The van der Waals surface area contributed by atoms with E-state index in [4.69, 9.17) is 19.6 Å². The van der Waals surface area contributed by atoms with Gasteiger partial charge in [0.15, 0.2) is 5.76 Å². The number of carbonyl (C=O) groups excluding carboxylic acids is 2. The Morgan fingerprint density at radius 2 is 1.95 bits per heavy atom. The summed E-state index contributed by atoms with van der Waals surface area (Å²) < 4.78 is 45.6. The number of amides is 2. The van der Waals surface area contributed by atoms with Crippen LogP contribution >= 0.6 is 11.3 Å². The Kier molecular flexibility index (Phi) is 7.22. The van der Waals surface area contributed by atoms with Crippen molar-refractivity contribution in [3.8, 4) is 22.6 Å². The van der Waals surface area contributed by atoms with Crippen molar-refractivity contribution in [2.75, 3.05) is 12.4 Å². The number of benzene rings is 1. The third kappa shape index (κ3) is 5.10. The maximum atomic E-state index is 13.7. The number of aryl methyl sites for hydroxylation is 1. The molecule has 0 saturated heterocycles. The summed E-state index contributed by atoms with van der Waals surface area (Å²) in [6, 6.07) is 11.3. The van der Waals surface area contributed by atoms with E-state index in [9.17, 15) is 18.4 Å². The number of anilines is 1. The number of pyridine rings is 1. The highest BCUT2D eigenvalue weighted by atomic mass is 32.1. The molecule has 4 heterocycles. The molecule has 4 aromatic heterocycles. The van der Waals surface area contributed by atoms with Crippen LogP contribution in [0.5, 0.6) is 11.5 Å². The largest absolute Gasteiger partial charge is 0.497 e. The normalized spacial score (nSPS) is 11.2. The lowest BCUT2D eigenvalue weighted by Crippen LogP contribution is -2.16. The van der Waals surface area contributed by atoms with Crippen molar-refractivity contribution in [1.29, 1.82) is 0 Å². The number of rotatable bonds is 9. The van der Waals surface area contributed by atoms with Gasteiger partial charge in [0.1, 0.15) is 39.3 Å². The van der Waals surface area contributed by atoms with Crippen molar-refractivity contribution in [3.63, 3.8) is 0 Å². The first kappa shape index (κ1) is 26.8. The molecule has 5 aromatic rings. The highest BCUT2D eigenvalue weighted by Gasteiger charge is 2.27. The molecule has 13 heteroatoms. The topological polar surface area (TPSA) is 134 Å². The smallest absolute Gasteiger partial charge is 0.291 e. The lowest BCUT2D eigenvalue weighted by Gasteiger charge is -2.10. The minimum absolute atomic E-state index is 0.0408. The first-order chi connectivity index (χ1) is 19.2. The van der Waals surface area contributed by atoms with Gasteiger partial charge in [0.05, 0.1) is 19.0 Å². The molecule has 0 aliphatic carbocycles. The van der Waals surface area contributed by atoms with Crippen LogP contribution in [0, 0.1) is 6.92 Å². The number of thiophene rings is 1. The number of halogens is 2. The van der Waals surface area contributed by atoms with Crippen LogP contribution < -0.4 is 20.5 Å². The molecule has 3 N–H and O–H groups in total. The zero-order chi connectivity index (χ0) is 28.6. The first-order valence-electron chi connectivity index (χ1n) is 11.9. The van der Waals surface area contributed by atoms with Gasteiger partial charge in [0.25, 0.3) is 18.2 Å². The van der Waals surface area contributed by atoms with Crippen LogP contribution in [0.2, 0.25) is 0 Å². The number of methoxy groups -OCH3 is 1. The number of nitrogens with zero attached hydrogens (tertiary/aromatic N) is 3. The SMILES string of the molecule is COc1cccc(OCc2ccc(C(=O)Nc3c(C(N)=O)sc4nc(C(F)F)cc(-c5cnn(C)c5C)c34)o2)c1. The predicted octanol–water partition coefficient (Wildman–Crippen LogP) is 5.47. The maximum Gasteiger partial charge on any atom is 0.291 e. The molecule has 0 aliphatic rings. The molecule has 5 rings (SSSR count). The second-order valence-electron chi connectivity index (χ2n) is 8.70. The Morgan fingerprint density at radius 3 is 2.62 bits per heavy atom. The van der Waals surface area contributed by atoms with Gasteiger partial charge in [-0.3, -0.25) is 14.3 Å². The van der Waals surface area contributed by atoms with Crippen LogP contribution in [0.4, 0.5) is 14.5 Å². The van der Waals surface area contributed by atoms with E-state index in [2.05, 4.69) is 15.4 Å². The van der Waals surface area contributed by atoms with Crippen molar-refractivity contribution in [2.45, 2.75) is 20.0 Å². The molecule has 0 atom stereocenters. The van der Waals surface area contributed by atoms with E-state index in [-0.39, 0.29) is 27.8 Å². The van der Waals surface area contributed by atoms with E-state index >= 15 is 0 Å². The number of primary amides is 1. The Labute approximate surface area is 230 Å². The summed E-state index contributed by atoms with van der Waals surface area (Å²) in [5.41, 5.74) is 6.74. The Balaban J connectivity index is 1.49. The van der Waals surface area contributed by atoms with E-state index in [1.165, 1.54) is 18.3 Å². The van der Waals surface area contributed by atoms with Crippen LogP contribution in [0.1, 0.15) is 43.8 Å². The molecule has 0 bridgehead atoms. The van der Waals surface area contributed by atoms with Crippen LogP contribution in [0.3, 0.4) is 0 Å². The minimum Gasteiger partial charge on any atom is -0.497 e. The second-order valence-corrected chi connectivity index (χ2v) is 9.70. The summed E-state index contributed by atoms with van der Waals surface area (Å²) in [6.07, 6.45) is -1.34. The average molecular weight is 568 g/mol. The van der Waals surface area contributed by atoms with E-state index < -0.39 is 23.9 Å². The summed E-state index contributed by atoms with van der Waals surface area (Å²) in [5.74, 6) is -0.0459. The number of ether oxygens (including phenoxy) is 2. The molecule has 206 valence electrons. The standard InChI is InChI=1S/C27H23F2N5O5S/c1-13-18(11-31-34(13)2)17-10-19(24(28)29)32-27-21(17)22(23(40-27)25(30)35)33-26(36)20-8-7-16(39-20)12-38-15-6-4-5-14(9-15)37-3/h4-11,24H,12H2,1-3H3,(H2,30,35)(H,33,36). The third-order valence-corrected chi connectivity index (χ3v) is 7.30. The third-order valence-electron chi connectivity index (χ3n) is 6.20. The number of nitrogens with two attached hydrogens (primary N) is 1. The molecular weight excluding hydrogens is 544 g/mol. The van der Waals surface area contributed by atoms with Crippen molar-refractivity contribution >= 4 is 39.1 Å². The summed E-state index contributed by atoms with van der Waals surface area (Å²) in [7, 11) is 3.26. The van der Waals surface area contributed by atoms with Crippen LogP contribution in [-0.4, -0.2) is 33.7 Å². The number of hydrogen-bond acceptors (Lipinski definition) is 8. The van der Waals surface area contributed by atoms with Gasteiger partial charge in [0.2, 0.25) is 0 Å². The Bertz CT molecular complexity index is 1740. The highest BCUT2D eigenvalue weighted by molar-refractivity contribution is 7.21. The van der Waals surface area contributed by atoms with Crippen molar-refractivity contribution in [1.82, 2.24) is 14.8 Å². The number of fused-ring (bicyclic) bond motifs is 1. The summed E-state index contributed by atoms with van der Waals surface area (Å²) in [4.78, 5) is 29.7. The highest BCUT2D eigenvalue weighted by Crippen LogP contribution is 2.43. The van der Waals surface area contributed by atoms with Gasteiger partial charge >= 0.3 is 0 Å². The summed E-state index contributed by atoms with van der Waals surface area (Å²) in [5, 5.41) is 7.18. The predicted molar refractivity (Wildman–Crippen MR) is 144 cm³/mol. The number of aromatic nitrogens is 3. The molecule has 0 unspecified atom stereocenters. The summed E-state index contributed by atoms with van der Waals surface area (Å²) >= 11 is 0.814. The van der Waals surface area contributed by atoms with E-state index in [1.54, 1.807) is 56.1 Å². The molecule has 0 radical (unpaired) electrons. The minimum atomic E-state index is -2.86. The molecular formula is C27H23F2N5O5S. The lowest BCUT2D eigenvalue weighted by molar-refractivity contribution is 0.0992. The van der Waals surface area contributed by atoms with Crippen molar-refractivity contribution < 1.29 is 32.3 Å². The van der Waals surface area contributed by atoms with Gasteiger partial charge in [-0.15, -0.1) is 11.3 Å². The van der Waals surface area contributed by atoms with Gasteiger partial charge in [-0.1, -0.05) is 6.07 Å². The molecule has 0 fully saturated rings. The molecule has 40 heavy (non-hydrogen) atoms. The molecule has 10 nitrogen and oxygen atoms in total. The van der Waals surface area contributed by atoms with Crippen LogP contribution in [0.25, 0.3) is 21.3 Å². The van der Waals surface area contributed by atoms with Gasteiger partial charge < -0.3 is 24.9 Å². The Morgan fingerprint density at radius 1 is 1.18 bits per heavy atom. The molecule has 0 saturated carbocycles. The quantitative estimate of drug-likeness (QED) is 0.241. The van der Waals surface area contributed by atoms with Crippen molar-refractivity contribution in [2.24, 2.45) is 12.8 Å². The fraction of sp³-hybridized carbons (Fsp3) is 0.185. The summed E-state index contributed by atoms with van der Waals surface area (Å²) in [6.45, 7) is 1.81. The molecule has 0 spiro atoms. The number of furan rings is 1.